The summed E-state index contributed by atoms with van der Waals surface area (Å²) in [5.74, 6) is 2.72. The zero-order valence-corrected chi connectivity index (χ0v) is 16.8. The van der Waals surface area contributed by atoms with E-state index in [4.69, 9.17) is 16.3 Å². The number of hydrogen-bond acceptors (Lipinski definition) is 5. The van der Waals surface area contributed by atoms with Crippen LogP contribution in [-0.2, 0) is 11.2 Å². The van der Waals surface area contributed by atoms with Crippen molar-refractivity contribution >= 4 is 29.3 Å². The number of ether oxygens (including phenoxy) is 1. The van der Waals surface area contributed by atoms with Gasteiger partial charge in [-0.25, -0.2) is 4.98 Å². The molecule has 8 heteroatoms. The lowest BCUT2D eigenvalue weighted by atomic mass is 10.0. The Bertz CT molecular complexity index is 717. The molecule has 0 atom stereocenters. The van der Waals surface area contributed by atoms with Gasteiger partial charge in [-0.15, -0.1) is 5.10 Å². The van der Waals surface area contributed by atoms with Crippen LogP contribution in [-0.4, -0.2) is 40.0 Å². The molecule has 1 aromatic carbocycles. The summed E-state index contributed by atoms with van der Waals surface area (Å²) in [4.78, 5) is 16.4. The maximum Gasteiger partial charge on any atom is 0.230 e. The lowest BCUT2D eigenvalue weighted by Crippen LogP contribution is -2.29. The first-order chi connectivity index (χ1) is 13.2. The van der Waals surface area contributed by atoms with E-state index in [2.05, 4.69) is 20.5 Å². The van der Waals surface area contributed by atoms with Gasteiger partial charge in [-0.1, -0.05) is 49.0 Å². The Hall–Kier alpha value is -1.73. The molecule has 6 nitrogen and oxygen atoms in total. The van der Waals surface area contributed by atoms with Crippen molar-refractivity contribution in [3.8, 4) is 5.75 Å². The van der Waals surface area contributed by atoms with Crippen LogP contribution in [0.3, 0.4) is 0 Å². The van der Waals surface area contributed by atoms with E-state index in [-0.39, 0.29) is 5.91 Å². The molecule has 27 heavy (non-hydrogen) atoms. The molecule has 0 bridgehead atoms. The molecule has 2 N–H and O–H groups in total. The second-order valence-electron chi connectivity index (χ2n) is 6.69. The molecule has 146 valence electrons. The minimum atomic E-state index is -0.0583. The molecule has 0 spiro atoms. The number of H-pyrrole nitrogens is 1. The molecule has 0 saturated heterocycles. The molecule has 1 aromatic heterocycles. The van der Waals surface area contributed by atoms with Crippen molar-refractivity contribution in [2.45, 2.75) is 43.7 Å². The zero-order valence-electron chi connectivity index (χ0n) is 15.2. The standard InChI is InChI=1S/C19H25ClN4O2S/c20-15-6-8-16(9-7-15)26-12-11-21-18(25)13-27-19-22-17(23-24-19)10-5-14-3-1-2-4-14/h6-9,14H,1-5,10-13H2,(H,21,25)(H,22,23,24). The molecule has 3 rings (SSSR count). The van der Waals surface area contributed by atoms with E-state index < -0.39 is 0 Å². The normalized spacial score (nSPS) is 14.4. The van der Waals surface area contributed by atoms with Gasteiger partial charge in [0.1, 0.15) is 18.2 Å². The number of carbonyl (C=O) groups is 1. The van der Waals surface area contributed by atoms with Crippen molar-refractivity contribution in [3.63, 3.8) is 0 Å². The van der Waals surface area contributed by atoms with Crippen molar-refractivity contribution in [1.29, 1.82) is 0 Å². The van der Waals surface area contributed by atoms with E-state index in [1.165, 1.54) is 43.9 Å². The number of aryl methyl sites for hydroxylation is 1. The Morgan fingerprint density at radius 2 is 2.07 bits per heavy atom. The first kappa shape index (κ1) is 20.0. The number of hydrogen-bond donors (Lipinski definition) is 2. The SMILES string of the molecule is O=C(CSc1n[nH]c(CCC2CCCC2)n1)NCCOc1ccc(Cl)cc1. The lowest BCUT2D eigenvalue weighted by Gasteiger charge is -2.07. The molecule has 0 aliphatic heterocycles. The van der Waals surface area contributed by atoms with Crippen molar-refractivity contribution in [2.24, 2.45) is 5.92 Å². The van der Waals surface area contributed by atoms with Crippen LogP contribution in [0.4, 0.5) is 0 Å². The van der Waals surface area contributed by atoms with E-state index in [1.54, 1.807) is 24.3 Å². The van der Waals surface area contributed by atoms with Gasteiger partial charge in [-0.3, -0.25) is 9.89 Å². The lowest BCUT2D eigenvalue weighted by molar-refractivity contribution is -0.118. The quantitative estimate of drug-likeness (QED) is 0.460. The van der Waals surface area contributed by atoms with Crippen molar-refractivity contribution < 1.29 is 9.53 Å². The monoisotopic (exact) mass is 408 g/mol. The molecule has 1 fully saturated rings. The zero-order chi connectivity index (χ0) is 18.9. The van der Waals surface area contributed by atoms with Gasteiger partial charge in [-0.05, 0) is 36.6 Å². The average Bonchev–Trinajstić information content (AvgIpc) is 3.35. The highest BCUT2D eigenvalue weighted by Crippen LogP contribution is 2.28. The van der Waals surface area contributed by atoms with E-state index in [9.17, 15) is 4.79 Å². The van der Waals surface area contributed by atoms with E-state index in [1.807, 2.05) is 0 Å². The molecule has 1 aliphatic carbocycles. The number of nitrogens with zero attached hydrogens (tertiary/aromatic N) is 2. The maximum absolute atomic E-state index is 11.9. The predicted octanol–water partition coefficient (Wildman–Crippen LogP) is 3.87. The topological polar surface area (TPSA) is 79.9 Å². The highest BCUT2D eigenvalue weighted by molar-refractivity contribution is 7.99. The Kier molecular flexibility index (Phi) is 7.83. The third-order valence-electron chi connectivity index (χ3n) is 4.61. The summed E-state index contributed by atoms with van der Waals surface area (Å²) in [5, 5.41) is 11.3. The van der Waals surface area contributed by atoms with Crippen LogP contribution in [0.15, 0.2) is 29.4 Å². The fourth-order valence-electron chi connectivity index (χ4n) is 3.17. The molecule has 1 amide bonds. The number of aromatic nitrogens is 3. The van der Waals surface area contributed by atoms with Gasteiger partial charge in [-0.2, -0.15) is 0 Å². The summed E-state index contributed by atoms with van der Waals surface area (Å²) >= 11 is 7.16. The minimum Gasteiger partial charge on any atom is -0.492 e. The Morgan fingerprint density at radius 3 is 2.85 bits per heavy atom. The number of aromatic amines is 1. The van der Waals surface area contributed by atoms with Gasteiger partial charge in [0.15, 0.2) is 0 Å². The summed E-state index contributed by atoms with van der Waals surface area (Å²) < 4.78 is 5.54. The van der Waals surface area contributed by atoms with E-state index >= 15 is 0 Å². The number of carbonyl (C=O) groups excluding carboxylic acids is 1. The summed E-state index contributed by atoms with van der Waals surface area (Å²) in [6.45, 7) is 0.854. The molecule has 0 radical (unpaired) electrons. The number of benzene rings is 1. The number of thioether (sulfide) groups is 1. The van der Waals surface area contributed by atoms with Crippen LogP contribution in [0.25, 0.3) is 0 Å². The second kappa shape index (κ2) is 10.6. The highest BCUT2D eigenvalue weighted by Gasteiger charge is 2.15. The summed E-state index contributed by atoms with van der Waals surface area (Å²) in [5.41, 5.74) is 0. The molecule has 1 aliphatic rings. The van der Waals surface area contributed by atoms with Gasteiger partial charge >= 0.3 is 0 Å². The Labute approximate surface area is 168 Å². The molecule has 1 saturated carbocycles. The van der Waals surface area contributed by atoms with Crippen LogP contribution in [0.2, 0.25) is 5.02 Å². The third kappa shape index (κ3) is 7.07. The fraction of sp³-hybridized carbons (Fsp3) is 0.526. The van der Waals surface area contributed by atoms with Crippen LogP contribution in [0.1, 0.15) is 37.9 Å². The third-order valence-corrected chi connectivity index (χ3v) is 5.71. The predicted molar refractivity (Wildman–Crippen MR) is 107 cm³/mol. The molecular weight excluding hydrogens is 384 g/mol. The van der Waals surface area contributed by atoms with Crippen LogP contribution >= 0.6 is 23.4 Å². The number of amides is 1. The van der Waals surface area contributed by atoms with Crippen molar-refractivity contribution in [2.75, 3.05) is 18.9 Å². The van der Waals surface area contributed by atoms with Gasteiger partial charge in [0.25, 0.3) is 0 Å². The Morgan fingerprint density at radius 1 is 1.30 bits per heavy atom. The summed E-state index contributed by atoms with van der Waals surface area (Å²) in [6.07, 6.45) is 7.53. The van der Waals surface area contributed by atoms with Gasteiger partial charge in [0, 0.05) is 11.4 Å². The fourth-order valence-corrected chi connectivity index (χ4v) is 3.94. The maximum atomic E-state index is 11.9. The van der Waals surface area contributed by atoms with Gasteiger partial charge in [0.2, 0.25) is 11.1 Å². The molecular formula is C19H25ClN4O2S. The van der Waals surface area contributed by atoms with Crippen molar-refractivity contribution in [1.82, 2.24) is 20.5 Å². The highest BCUT2D eigenvalue weighted by atomic mass is 35.5. The van der Waals surface area contributed by atoms with E-state index in [0.717, 1.165) is 23.9 Å². The second-order valence-corrected chi connectivity index (χ2v) is 8.07. The number of rotatable bonds is 10. The Balaban J connectivity index is 1.28. The van der Waals surface area contributed by atoms with Gasteiger partial charge < -0.3 is 10.1 Å². The number of nitrogens with one attached hydrogen (secondary N) is 2. The first-order valence-electron chi connectivity index (χ1n) is 9.38. The number of halogens is 1. The van der Waals surface area contributed by atoms with E-state index in [0.29, 0.717) is 29.1 Å². The summed E-state index contributed by atoms with van der Waals surface area (Å²) in [7, 11) is 0. The molecule has 2 aromatic rings. The largest absolute Gasteiger partial charge is 0.492 e. The van der Waals surface area contributed by atoms with Crippen LogP contribution in [0, 0.1) is 5.92 Å². The first-order valence-corrected chi connectivity index (χ1v) is 10.7. The molecule has 1 heterocycles. The summed E-state index contributed by atoms with van der Waals surface area (Å²) in [6, 6.07) is 7.14. The van der Waals surface area contributed by atoms with Crippen LogP contribution < -0.4 is 10.1 Å². The van der Waals surface area contributed by atoms with Crippen molar-refractivity contribution in [3.05, 3.63) is 35.1 Å². The van der Waals surface area contributed by atoms with Crippen LogP contribution in [0.5, 0.6) is 5.75 Å². The smallest absolute Gasteiger partial charge is 0.230 e. The molecule has 0 unspecified atom stereocenters. The van der Waals surface area contributed by atoms with Gasteiger partial charge in [0.05, 0.1) is 12.3 Å². The minimum absolute atomic E-state index is 0.0583. The average molecular weight is 409 g/mol.